The van der Waals surface area contributed by atoms with Crippen molar-refractivity contribution in [2.24, 2.45) is 0 Å². The molecule has 0 spiro atoms. The SMILES string of the molecule is CCC1CNC(C)CN1CC(C)(C)SC. The summed E-state index contributed by atoms with van der Waals surface area (Å²) in [6.45, 7) is 12.8. The molecule has 3 heteroatoms. The largest absolute Gasteiger partial charge is 0.311 e. The molecule has 0 saturated carbocycles. The summed E-state index contributed by atoms with van der Waals surface area (Å²) >= 11 is 1.97. The van der Waals surface area contributed by atoms with Crippen molar-refractivity contribution >= 4 is 11.8 Å². The molecular weight excluding hydrogens is 204 g/mol. The molecule has 0 aromatic rings. The van der Waals surface area contributed by atoms with Crippen molar-refractivity contribution in [2.45, 2.75) is 50.9 Å². The van der Waals surface area contributed by atoms with Gasteiger partial charge in [-0.05, 0) is 33.4 Å². The molecule has 2 unspecified atom stereocenters. The molecule has 0 aliphatic carbocycles. The second kappa shape index (κ2) is 5.55. The Morgan fingerprint density at radius 3 is 2.67 bits per heavy atom. The number of nitrogens with one attached hydrogen (secondary N) is 1. The molecular formula is C12H26N2S. The molecule has 1 fully saturated rings. The van der Waals surface area contributed by atoms with Crippen molar-refractivity contribution in [2.75, 3.05) is 25.9 Å². The topological polar surface area (TPSA) is 15.3 Å². The first-order valence-electron chi connectivity index (χ1n) is 6.01. The molecule has 15 heavy (non-hydrogen) atoms. The molecule has 1 heterocycles. The fourth-order valence-electron chi connectivity index (χ4n) is 2.18. The van der Waals surface area contributed by atoms with Crippen LogP contribution in [0.25, 0.3) is 0 Å². The average Bonchev–Trinajstić information content (AvgIpc) is 2.18. The summed E-state index contributed by atoms with van der Waals surface area (Å²) in [5, 5.41) is 3.57. The van der Waals surface area contributed by atoms with Crippen LogP contribution in [0.5, 0.6) is 0 Å². The van der Waals surface area contributed by atoms with E-state index in [2.05, 4.69) is 44.2 Å². The molecule has 1 aliphatic rings. The maximum absolute atomic E-state index is 3.57. The minimum atomic E-state index is 0.379. The first-order valence-corrected chi connectivity index (χ1v) is 7.23. The van der Waals surface area contributed by atoms with Crippen molar-refractivity contribution in [3.8, 4) is 0 Å². The quantitative estimate of drug-likeness (QED) is 0.797. The number of piperazine rings is 1. The van der Waals surface area contributed by atoms with Crippen LogP contribution in [-0.2, 0) is 0 Å². The van der Waals surface area contributed by atoms with Gasteiger partial charge in [-0.1, -0.05) is 6.92 Å². The van der Waals surface area contributed by atoms with Crippen LogP contribution in [0.15, 0.2) is 0 Å². The van der Waals surface area contributed by atoms with Gasteiger partial charge in [0, 0.05) is 36.5 Å². The van der Waals surface area contributed by atoms with Gasteiger partial charge in [0.1, 0.15) is 0 Å². The van der Waals surface area contributed by atoms with Crippen molar-refractivity contribution in [1.82, 2.24) is 10.2 Å². The van der Waals surface area contributed by atoms with Crippen LogP contribution in [0.1, 0.15) is 34.1 Å². The number of nitrogens with zero attached hydrogens (tertiary/aromatic N) is 1. The Balaban J connectivity index is 2.55. The molecule has 1 aliphatic heterocycles. The van der Waals surface area contributed by atoms with Crippen molar-refractivity contribution in [3.63, 3.8) is 0 Å². The molecule has 1 rings (SSSR count). The summed E-state index contributed by atoms with van der Waals surface area (Å²) in [7, 11) is 0. The highest BCUT2D eigenvalue weighted by Crippen LogP contribution is 2.24. The second-order valence-electron chi connectivity index (χ2n) is 5.26. The standard InChI is InChI=1S/C12H26N2S/c1-6-11-7-13-10(2)8-14(11)9-12(3,4)15-5/h10-11,13H,6-9H2,1-5H3. The normalized spacial score (nSPS) is 29.4. The van der Waals surface area contributed by atoms with Gasteiger partial charge in [-0.25, -0.2) is 0 Å². The number of hydrogen-bond donors (Lipinski definition) is 1. The lowest BCUT2D eigenvalue weighted by molar-refractivity contribution is 0.123. The molecule has 0 aromatic heterocycles. The van der Waals surface area contributed by atoms with Crippen LogP contribution in [0.2, 0.25) is 0 Å². The van der Waals surface area contributed by atoms with Crippen LogP contribution in [0.3, 0.4) is 0 Å². The molecule has 1 saturated heterocycles. The minimum Gasteiger partial charge on any atom is -0.311 e. The van der Waals surface area contributed by atoms with Gasteiger partial charge in [0.05, 0.1) is 0 Å². The summed E-state index contributed by atoms with van der Waals surface area (Å²) in [5.74, 6) is 0. The van der Waals surface area contributed by atoms with E-state index in [0.717, 1.165) is 12.6 Å². The van der Waals surface area contributed by atoms with E-state index in [-0.39, 0.29) is 0 Å². The Morgan fingerprint density at radius 2 is 2.13 bits per heavy atom. The van der Waals surface area contributed by atoms with Gasteiger partial charge in [0.25, 0.3) is 0 Å². The number of thioether (sulfide) groups is 1. The third-order valence-electron chi connectivity index (χ3n) is 3.33. The van der Waals surface area contributed by atoms with Crippen LogP contribution < -0.4 is 5.32 Å². The van der Waals surface area contributed by atoms with Gasteiger partial charge in [0.2, 0.25) is 0 Å². The van der Waals surface area contributed by atoms with Crippen LogP contribution in [0.4, 0.5) is 0 Å². The van der Waals surface area contributed by atoms with Gasteiger partial charge in [-0.15, -0.1) is 0 Å². The van der Waals surface area contributed by atoms with Crippen LogP contribution in [-0.4, -0.2) is 47.6 Å². The Labute approximate surface area is 99.2 Å². The summed E-state index contributed by atoms with van der Waals surface area (Å²) in [6.07, 6.45) is 3.47. The molecule has 0 radical (unpaired) electrons. The van der Waals surface area contributed by atoms with Crippen molar-refractivity contribution in [3.05, 3.63) is 0 Å². The smallest absolute Gasteiger partial charge is 0.0228 e. The zero-order chi connectivity index (χ0) is 11.5. The fraction of sp³-hybridized carbons (Fsp3) is 1.00. The second-order valence-corrected chi connectivity index (χ2v) is 6.78. The molecule has 2 atom stereocenters. The summed E-state index contributed by atoms with van der Waals surface area (Å²) < 4.78 is 0.379. The summed E-state index contributed by atoms with van der Waals surface area (Å²) in [5.41, 5.74) is 0. The van der Waals surface area contributed by atoms with E-state index in [4.69, 9.17) is 0 Å². The third-order valence-corrected chi connectivity index (χ3v) is 4.57. The van der Waals surface area contributed by atoms with E-state index < -0.39 is 0 Å². The van der Waals surface area contributed by atoms with E-state index >= 15 is 0 Å². The van der Waals surface area contributed by atoms with Crippen LogP contribution in [0, 0.1) is 0 Å². The van der Waals surface area contributed by atoms with E-state index in [1.54, 1.807) is 0 Å². The molecule has 0 bridgehead atoms. The average molecular weight is 230 g/mol. The monoisotopic (exact) mass is 230 g/mol. The molecule has 1 N–H and O–H groups in total. The highest BCUT2D eigenvalue weighted by molar-refractivity contribution is 7.99. The fourth-order valence-corrected chi connectivity index (χ4v) is 2.48. The van der Waals surface area contributed by atoms with Crippen LogP contribution >= 0.6 is 11.8 Å². The highest BCUT2D eigenvalue weighted by atomic mass is 32.2. The zero-order valence-electron chi connectivity index (χ0n) is 10.8. The predicted octanol–water partition coefficient (Wildman–Crippen LogP) is 2.20. The molecule has 0 amide bonds. The number of hydrogen-bond acceptors (Lipinski definition) is 3. The lowest BCUT2D eigenvalue weighted by Crippen LogP contribution is -2.57. The number of rotatable bonds is 4. The lowest BCUT2D eigenvalue weighted by atomic mass is 10.0. The van der Waals surface area contributed by atoms with E-state index in [0.29, 0.717) is 10.8 Å². The van der Waals surface area contributed by atoms with Gasteiger partial charge < -0.3 is 5.32 Å². The Bertz CT molecular complexity index is 194. The zero-order valence-corrected chi connectivity index (χ0v) is 11.7. The van der Waals surface area contributed by atoms with Gasteiger partial charge >= 0.3 is 0 Å². The first kappa shape index (κ1) is 13.3. The Morgan fingerprint density at radius 1 is 1.47 bits per heavy atom. The van der Waals surface area contributed by atoms with Gasteiger partial charge in [-0.2, -0.15) is 11.8 Å². The van der Waals surface area contributed by atoms with Gasteiger partial charge in [-0.3, -0.25) is 4.90 Å². The molecule has 0 aromatic carbocycles. The molecule has 2 nitrogen and oxygen atoms in total. The summed E-state index contributed by atoms with van der Waals surface area (Å²) in [4.78, 5) is 2.66. The van der Waals surface area contributed by atoms with E-state index in [1.165, 1.54) is 19.5 Å². The maximum Gasteiger partial charge on any atom is 0.0228 e. The van der Waals surface area contributed by atoms with E-state index in [1.807, 2.05) is 11.8 Å². The summed E-state index contributed by atoms with van der Waals surface area (Å²) in [6, 6.07) is 1.37. The van der Waals surface area contributed by atoms with E-state index in [9.17, 15) is 0 Å². The first-order chi connectivity index (χ1) is 6.98. The third kappa shape index (κ3) is 3.97. The predicted molar refractivity (Wildman–Crippen MR) is 70.7 cm³/mol. The Kier molecular flexibility index (Phi) is 4.94. The highest BCUT2D eigenvalue weighted by Gasteiger charge is 2.29. The lowest BCUT2D eigenvalue weighted by Gasteiger charge is -2.42. The van der Waals surface area contributed by atoms with Crippen molar-refractivity contribution < 1.29 is 0 Å². The van der Waals surface area contributed by atoms with Gasteiger partial charge in [0.15, 0.2) is 0 Å². The van der Waals surface area contributed by atoms with Crippen molar-refractivity contribution in [1.29, 1.82) is 0 Å². The minimum absolute atomic E-state index is 0.379. The Hall–Kier alpha value is 0.270. The maximum atomic E-state index is 3.57. The molecule has 90 valence electrons.